The Labute approximate surface area is 120 Å². The second-order valence-corrected chi connectivity index (χ2v) is 6.74. The Hall–Kier alpha value is -1.72. The van der Waals surface area contributed by atoms with Gasteiger partial charge >= 0.3 is 0 Å². The number of hydrogen-bond acceptors (Lipinski definition) is 3. The van der Waals surface area contributed by atoms with Crippen LogP contribution in [0.5, 0.6) is 0 Å². The third-order valence-electron chi connectivity index (χ3n) is 3.13. The fourth-order valence-electron chi connectivity index (χ4n) is 1.87. The number of likely N-dealkylation sites (N-methyl/N-ethyl adjacent to an activating group) is 1. The lowest BCUT2D eigenvalue weighted by atomic mass is 10.2. The molecule has 0 spiro atoms. The lowest BCUT2D eigenvalue weighted by molar-refractivity contribution is 0.471. The molecular formula is C15H18N2O2S. The Bertz CT molecular complexity index is 627. The molecule has 0 radical (unpaired) electrons. The summed E-state index contributed by atoms with van der Waals surface area (Å²) in [6.45, 7) is 0.471. The van der Waals surface area contributed by atoms with Crippen LogP contribution in [0, 0.1) is 0 Å². The second-order valence-electron chi connectivity index (χ2n) is 4.67. The maximum Gasteiger partial charge on any atom is 0.218 e. The summed E-state index contributed by atoms with van der Waals surface area (Å²) < 4.78 is 25.9. The first-order valence-electron chi connectivity index (χ1n) is 6.45. The van der Waals surface area contributed by atoms with E-state index in [0.717, 1.165) is 11.1 Å². The molecule has 106 valence electrons. The van der Waals surface area contributed by atoms with Crippen molar-refractivity contribution in [3.8, 4) is 0 Å². The van der Waals surface area contributed by atoms with Gasteiger partial charge in [-0.05, 0) is 29.7 Å². The third kappa shape index (κ3) is 4.15. The van der Waals surface area contributed by atoms with Gasteiger partial charge in [-0.15, -0.1) is 0 Å². The van der Waals surface area contributed by atoms with Gasteiger partial charge in [-0.2, -0.15) is 0 Å². The monoisotopic (exact) mass is 290 g/mol. The summed E-state index contributed by atoms with van der Waals surface area (Å²) in [7, 11) is -1.64. The van der Waals surface area contributed by atoms with E-state index in [0.29, 0.717) is 13.0 Å². The minimum absolute atomic E-state index is 0.0423. The molecule has 0 fully saturated rings. The maximum atomic E-state index is 12.2. The quantitative estimate of drug-likeness (QED) is 0.818. The minimum atomic E-state index is -3.27. The van der Waals surface area contributed by atoms with E-state index < -0.39 is 10.0 Å². The molecule has 20 heavy (non-hydrogen) atoms. The minimum Gasteiger partial charge on any atom is -0.265 e. The molecule has 0 amide bonds. The molecule has 1 aromatic carbocycles. The summed E-state index contributed by atoms with van der Waals surface area (Å²) in [6.07, 6.45) is 4.12. The zero-order valence-electron chi connectivity index (χ0n) is 11.4. The molecule has 0 aliphatic carbocycles. The van der Waals surface area contributed by atoms with Crippen molar-refractivity contribution in [1.82, 2.24) is 9.29 Å². The van der Waals surface area contributed by atoms with Crippen molar-refractivity contribution >= 4 is 10.0 Å². The van der Waals surface area contributed by atoms with Crippen molar-refractivity contribution in [1.29, 1.82) is 0 Å². The number of pyridine rings is 1. The largest absolute Gasteiger partial charge is 0.265 e. The zero-order chi connectivity index (χ0) is 14.4. The average Bonchev–Trinajstić information content (AvgIpc) is 2.46. The van der Waals surface area contributed by atoms with E-state index in [4.69, 9.17) is 0 Å². The Morgan fingerprint density at radius 1 is 1.00 bits per heavy atom. The molecule has 4 nitrogen and oxygen atoms in total. The molecule has 0 N–H and O–H groups in total. The van der Waals surface area contributed by atoms with Crippen LogP contribution in [0.1, 0.15) is 11.1 Å². The number of hydrogen-bond donors (Lipinski definition) is 0. The van der Waals surface area contributed by atoms with Gasteiger partial charge in [-0.3, -0.25) is 4.98 Å². The van der Waals surface area contributed by atoms with Crippen LogP contribution in [0.3, 0.4) is 0 Å². The van der Waals surface area contributed by atoms with E-state index in [9.17, 15) is 8.42 Å². The molecule has 1 heterocycles. The van der Waals surface area contributed by atoms with Crippen LogP contribution in [0.15, 0.2) is 54.9 Å². The molecule has 0 aliphatic heterocycles. The van der Waals surface area contributed by atoms with Gasteiger partial charge in [-0.1, -0.05) is 30.3 Å². The molecule has 2 rings (SSSR count). The number of benzene rings is 1. The Balaban J connectivity index is 1.95. The topological polar surface area (TPSA) is 50.3 Å². The highest BCUT2D eigenvalue weighted by Gasteiger charge is 2.17. The SMILES string of the molecule is CN(CCc1ccncc1)S(=O)(=O)Cc1ccccc1. The standard InChI is InChI=1S/C15H18N2O2S/c1-17(12-9-14-7-10-16-11-8-14)20(18,19)13-15-5-3-2-4-6-15/h2-8,10-11H,9,12-13H2,1H3. The number of nitrogens with zero attached hydrogens (tertiary/aromatic N) is 2. The summed E-state index contributed by atoms with van der Waals surface area (Å²) in [6, 6.07) is 13.0. The molecule has 0 atom stereocenters. The van der Waals surface area contributed by atoms with E-state index in [1.54, 1.807) is 19.4 Å². The van der Waals surface area contributed by atoms with E-state index in [1.807, 2.05) is 42.5 Å². The second kappa shape index (κ2) is 6.63. The van der Waals surface area contributed by atoms with Gasteiger partial charge in [0.05, 0.1) is 5.75 Å². The van der Waals surface area contributed by atoms with Crippen molar-refractivity contribution in [2.45, 2.75) is 12.2 Å². The lowest BCUT2D eigenvalue weighted by Crippen LogP contribution is -2.30. The van der Waals surface area contributed by atoms with Gasteiger partial charge < -0.3 is 0 Å². The Morgan fingerprint density at radius 3 is 2.30 bits per heavy atom. The van der Waals surface area contributed by atoms with Gasteiger partial charge in [-0.25, -0.2) is 12.7 Å². The number of aromatic nitrogens is 1. The summed E-state index contributed by atoms with van der Waals surface area (Å²) >= 11 is 0. The first-order chi connectivity index (χ1) is 9.58. The highest BCUT2D eigenvalue weighted by molar-refractivity contribution is 7.88. The molecule has 0 bridgehead atoms. The molecule has 2 aromatic rings. The Kier molecular flexibility index (Phi) is 4.87. The lowest BCUT2D eigenvalue weighted by Gasteiger charge is -2.17. The fraction of sp³-hybridized carbons (Fsp3) is 0.267. The van der Waals surface area contributed by atoms with Crippen molar-refractivity contribution < 1.29 is 8.42 Å². The molecule has 0 aliphatic rings. The molecule has 0 saturated carbocycles. The van der Waals surface area contributed by atoms with Gasteiger partial charge in [0, 0.05) is 26.0 Å². The molecule has 0 unspecified atom stereocenters. The zero-order valence-corrected chi connectivity index (χ0v) is 12.3. The predicted octanol–water partition coefficient (Wildman–Crippen LogP) is 2.09. The van der Waals surface area contributed by atoms with Crippen LogP contribution >= 0.6 is 0 Å². The van der Waals surface area contributed by atoms with Gasteiger partial charge in [0.15, 0.2) is 0 Å². The smallest absolute Gasteiger partial charge is 0.218 e. The van der Waals surface area contributed by atoms with Crippen LogP contribution in [-0.4, -0.2) is 31.3 Å². The maximum absolute atomic E-state index is 12.2. The summed E-state index contributed by atoms with van der Waals surface area (Å²) in [5, 5.41) is 0. The molecule has 1 aromatic heterocycles. The van der Waals surface area contributed by atoms with Crippen LogP contribution in [0.25, 0.3) is 0 Å². The summed E-state index contributed by atoms with van der Waals surface area (Å²) in [5.74, 6) is 0.0423. The fourth-order valence-corrected chi connectivity index (χ4v) is 3.07. The van der Waals surface area contributed by atoms with Crippen molar-refractivity contribution in [2.75, 3.05) is 13.6 Å². The first kappa shape index (κ1) is 14.7. The molecule has 5 heteroatoms. The molecule has 0 saturated heterocycles. The molecular weight excluding hydrogens is 272 g/mol. The van der Waals surface area contributed by atoms with Gasteiger partial charge in [0.1, 0.15) is 0 Å². The van der Waals surface area contributed by atoms with Gasteiger partial charge in [0.25, 0.3) is 0 Å². The van der Waals surface area contributed by atoms with Crippen molar-refractivity contribution in [3.05, 3.63) is 66.0 Å². The first-order valence-corrected chi connectivity index (χ1v) is 8.06. The van der Waals surface area contributed by atoms with E-state index in [-0.39, 0.29) is 5.75 Å². The Morgan fingerprint density at radius 2 is 1.65 bits per heavy atom. The van der Waals surface area contributed by atoms with E-state index in [1.165, 1.54) is 4.31 Å². The third-order valence-corrected chi connectivity index (χ3v) is 4.96. The van der Waals surface area contributed by atoms with Crippen molar-refractivity contribution in [3.63, 3.8) is 0 Å². The van der Waals surface area contributed by atoms with Crippen LogP contribution in [0.4, 0.5) is 0 Å². The number of sulfonamides is 1. The van der Waals surface area contributed by atoms with E-state index >= 15 is 0 Å². The van der Waals surface area contributed by atoms with Crippen molar-refractivity contribution in [2.24, 2.45) is 0 Å². The summed E-state index contributed by atoms with van der Waals surface area (Å²) in [4.78, 5) is 3.95. The highest BCUT2D eigenvalue weighted by atomic mass is 32.2. The van der Waals surface area contributed by atoms with Crippen LogP contribution in [-0.2, 0) is 22.2 Å². The predicted molar refractivity (Wildman–Crippen MR) is 79.6 cm³/mol. The van der Waals surface area contributed by atoms with Crippen LogP contribution < -0.4 is 0 Å². The summed E-state index contributed by atoms with van der Waals surface area (Å²) in [5.41, 5.74) is 1.89. The van der Waals surface area contributed by atoms with Gasteiger partial charge in [0.2, 0.25) is 10.0 Å². The number of rotatable bonds is 6. The van der Waals surface area contributed by atoms with E-state index in [2.05, 4.69) is 4.98 Å². The highest BCUT2D eigenvalue weighted by Crippen LogP contribution is 2.10. The normalized spacial score (nSPS) is 11.7. The average molecular weight is 290 g/mol. The van der Waals surface area contributed by atoms with Crippen LogP contribution in [0.2, 0.25) is 0 Å².